The number of hydrogen-bond donors (Lipinski definition) is 1. The highest BCUT2D eigenvalue weighted by atomic mass is 79.9. The average molecular weight is 432 g/mol. The summed E-state index contributed by atoms with van der Waals surface area (Å²) < 4.78 is 26.1. The molecule has 10 heteroatoms. The first-order valence-electron chi connectivity index (χ1n) is 7.71. The fourth-order valence-electron chi connectivity index (χ4n) is 2.87. The highest BCUT2D eigenvalue weighted by molar-refractivity contribution is 9.10. The van der Waals surface area contributed by atoms with Gasteiger partial charge in [0.15, 0.2) is 11.6 Å². The number of anilines is 1. The molecule has 132 valence electrons. The van der Waals surface area contributed by atoms with Crippen LogP contribution < -0.4 is 19.7 Å². The number of benzene rings is 1. The number of aromatic nitrogens is 2. The average Bonchev–Trinajstić information content (AvgIpc) is 2.80. The molecular formula is C15H13BrClFN4O3. The molecule has 4 rings (SSSR count). The number of hydrogen-bond acceptors (Lipinski definition) is 6. The lowest BCUT2D eigenvalue weighted by Gasteiger charge is -2.22. The standard InChI is InChI=1S/C15H13BrClFN4O3/c16-9-10(17)13-8-12(11(9)18)20-15-21-14(8)22(4-6-24-13)3-1-7(23)19-2-5-25-15/h1-6H2,(H,19,23). The lowest BCUT2D eigenvalue weighted by Crippen LogP contribution is -2.33. The van der Waals surface area contributed by atoms with E-state index in [9.17, 15) is 9.18 Å². The molecule has 2 aliphatic rings. The third-order valence-corrected chi connectivity index (χ3v) is 5.39. The van der Waals surface area contributed by atoms with Gasteiger partial charge in [0.25, 0.3) is 0 Å². The summed E-state index contributed by atoms with van der Waals surface area (Å²) in [7, 11) is 0. The van der Waals surface area contributed by atoms with Gasteiger partial charge in [-0.2, -0.15) is 9.97 Å². The Balaban J connectivity index is 2.00. The minimum atomic E-state index is -0.605. The number of fused-ring (bicyclic) bond motifs is 1. The first-order chi connectivity index (χ1) is 12.1. The Bertz CT molecular complexity index is 882. The van der Waals surface area contributed by atoms with Gasteiger partial charge in [-0.3, -0.25) is 4.79 Å². The van der Waals surface area contributed by atoms with E-state index in [2.05, 4.69) is 31.2 Å². The summed E-state index contributed by atoms with van der Waals surface area (Å²) in [5.74, 6) is 0.0869. The third-order valence-electron chi connectivity index (χ3n) is 4.06. The summed E-state index contributed by atoms with van der Waals surface area (Å²) in [6, 6.07) is 0.0459. The molecule has 0 unspecified atom stereocenters. The minimum Gasteiger partial charge on any atom is -0.489 e. The van der Waals surface area contributed by atoms with Gasteiger partial charge in [-0.05, 0) is 15.9 Å². The molecular weight excluding hydrogens is 419 g/mol. The number of amides is 1. The molecule has 1 amide bonds. The van der Waals surface area contributed by atoms with Gasteiger partial charge in [0.1, 0.15) is 29.6 Å². The van der Waals surface area contributed by atoms with E-state index in [1.165, 1.54) is 0 Å². The van der Waals surface area contributed by atoms with Gasteiger partial charge in [0, 0.05) is 13.0 Å². The molecule has 0 saturated carbocycles. The predicted octanol–water partition coefficient (Wildman–Crippen LogP) is 2.28. The van der Waals surface area contributed by atoms with Crippen LogP contribution in [0.4, 0.5) is 10.2 Å². The van der Waals surface area contributed by atoms with E-state index in [1.807, 2.05) is 4.90 Å². The smallest absolute Gasteiger partial charge is 0.319 e. The van der Waals surface area contributed by atoms with Crippen molar-refractivity contribution in [2.75, 3.05) is 37.7 Å². The molecule has 0 saturated heterocycles. The third kappa shape index (κ3) is 2.85. The number of nitrogens with one attached hydrogen (secondary N) is 1. The normalized spacial score (nSPS) is 17.4. The van der Waals surface area contributed by atoms with Crippen LogP contribution in [0.25, 0.3) is 10.9 Å². The van der Waals surface area contributed by atoms with Crippen molar-refractivity contribution in [3.05, 3.63) is 15.3 Å². The Kier molecular flexibility index (Phi) is 4.28. The quantitative estimate of drug-likeness (QED) is 0.645. The second-order valence-electron chi connectivity index (χ2n) is 5.61. The summed E-state index contributed by atoms with van der Waals surface area (Å²) in [6.45, 7) is 1.73. The highest BCUT2D eigenvalue weighted by Crippen LogP contribution is 2.45. The second-order valence-corrected chi connectivity index (χ2v) is 6.78. The van der Waals surface area contributed by atoms with Crippen LogP contribution >= 0.6 is 27.5 Å². The van der Waals surface area contributed by atoms with Crippen LogP contribution in [-0.4, -0.2) is 48.7 Å². The molecule has 0 spiro atoms. The van der Waals surface area contributed by atoms with Gasteiger partial charge in [-0.15, -0.1) is 0 Å². The van der Waals surface area contributed by atoms with E-state index in [1.54, 1.807) is 0 Å². The Morgan fingerprint density at radius 2 is 2.08 bits per heavy atom. The van der Waals surface area contributed by atoms with E-state index in [0.29, 0.717) is 43.2 Å². The maximum Gasteiger partial charge on any atom is 0.319 e. The summed E-state index contributed by atoms with van der Waals surface area (Å²) in [5, 5.41) is 3.27. The van der Waals surface area contributed by atoms with Crippen molar-refractivity contribution in [3.8, 4) is 11.8 Å². The zero-order chi connectivity index (χ0) is 17.6. The molecule has 1 N–H and O–H groups in total. The number of nitrogens with zero attached hydrogens (tertiary/aromatic N) is 3. The zero-order valence-electron chi connectivity index (χ0n) is 12.9. The SMILES string of the molecule is O=C1CCN2CCOc3c(Cl)c(Br)c(F)c4nc(nc2c34)OCCN1. The maximum atomic E-state index is 14.8. The largest absolute Gasteiger partial charge is 0.489 e. The Morgan fingerprint density at radius 1 is 1.24 bits per heavy atom. The van der Waals surface area contributed by atoms with Crippen molar-refractivity contribution >= 4 is 50.2 Å². The summed E-state index contributed by atoms with van der Waals surface area (Å²) in [6.07, 6.45) is 0.281. The van der Waals surface area contributed by atoms with Gasteiger partial charge < -0.3 is 19.7 Å². The Hall–Kier alpha value is -1.87. The highest BCUT2D eigenvalue weighted by Gasteiger charge is 2.29. The van der Waals surface area contributed by atoms with Crippen LogP contribution in [0.5, 0.6) is 11.8 Å². The van der Waals surface area contributed by atoms with Crippen LogP contribution in [0.15, 0.2) is 4.47 Å². The number of carbonyl (C=O) groups is 1. The van der Waals surface area contributed by atoms with Crippen molar-refractivity contribution in [3.63, 3.8) is 0 Å². The van der Waals surface area contributed by atoms with Crippen molar-refractivity contribution < 1.29 is 18.7 Å². The number of carbonyl (C=O) groups excluding carboxylic acids is 1. The molecule has 1 aromatic carbocycles. The number of rotatable bonds is 0. The molecule has 1 aromatic heterocycles. The molecule has 7 nitrogen and oxygen atoms in total. The van der Waals surface area contributed by atoms with Crippen LogP contribution in [-0.2, 0) is 4.79 Å². The topological polar surface area (TPSA) is 76.6 Å². The monoisotopic (exact) mass is 430 g/mol. The van der Waals surface area contributed by atoms with Gasteiger partial charge in [0.05, 0.1) is 22.9 Å². The number of ether oxygens (including phenoxy) is 2. The summed E-state index contributed by atoms with van der Waals surface area (Å²) in [4.78, 5) is 22.4. The van der Waals surface area contributed by atoms with Crippen LogP contribution in [0.2, 0.25) is 5.02 Å². The fourth-order valence-corrected chi connectivity index (χ4v) is 3.47. The molecule has 2 bridgehead atoms. The van der Waals surface area contributed by atoms with E-state index in [-0.39, 0.29) is 40.0 Å². The van der Waals surface area contributed by atoms with Gasteiger partial charge in [-0.25, -0.2) is 4.39 Å². The molecule has 2 aromatic rings. The number of halogens is 3. The van der Waals surface area contributed by atoms with Crippen molar-refractivity contribution in [1.82, 2.24) is 15.3 Å². The summed E-state index contributed by atoms with van der Waals surface area (Å²) >= 11 is 9.41. The molecule has 0 radical (unpaired) electrons. The van der Waals surface area contributed by atoms with E-state index < -0.39 is 5.82 Å². The molecule has 0 atom stereocenters. The molecule has 2 aliphatic heterocycles. The molecule has 25 heavy (non-hydrogen) atoms. The fraction of sp³-hybridized carbons (Fsp3) is 0.400. The first kappa shape index (κ1) is 16.6. The van der Waals surface area contributed by atoms with Gasteiger partial charge in [-0.1, -0.05) is 11.6 Å². The van der Waals surface area contributed by atoms with Gasteiger partial charge >= 0.3 is 6.01 Å². The van der Waals surface area contributed by atoms with E-state index in [4.69, 9.17) is 21.1 Å². The lowest BCUT2D eigenvalue weighted by atomic mass is 10.2. The van der Waals surface area contributed by atoms with Crippen molar-refractivity contribution in [1.29, 1.82) is 0 Å². The lowest BCUT2D eigenvalue weighted by molar-refractivity contribution is -0.121. The molecule has 0 fully saturated rings. The van der Waals surface area contributed by atoms with Crippen molar-refractivity contribution in [2.24, 2.45) is 0 Å². The minimum absolute atomic E-state index is 0.0459. The zero-order valence-corrected chi connectivity index (χ0v) is 15.3. The second kappa shape index (κ2) is 6.45. The predicted molar refractivity (Wildman–Crippen MR) is 93.0 cm³/mol. The summed E-state index contributed by atoms with van der Waals surface area (Å²) in [5.41, 5.74) is 0.0664. The van der Waals surface area contributed by atoms with E-state index in [0.717, 1.165) is 0 Å². The Labute approximate surface area is 155 Å². The maximum absolute atomic E-state index is 14.8. The van der Waals surface area contributed by atoms with Gasteiger partial charge in [0.2, 0.25) is 5.91 Å². The van der Waals surface area contributed by atoms with Crippen LogP contribution in [0, 0.1) is 5.82 Å². The molecule has 3 heterocycles. The first-order valence-corrected chi connectivity index (χ1v) is 8.89. The molecule has 0 aliphatic carbocycles. The van der Waals surface area contributed by atoms with Crippen molar-refractivity contribution in [2.45, 2.75) is 6.42 Å². The Morgan fingerprint density at radius 3 is 2.92 bits per heavy atom. The van der Waals surface area contributed by atoms with Crippen LogP contribution in [0.1, 0.15) is 6.42 Å². The van der Waals surface area contributed by atoms with Crippen LogP contribution in [0.3, 0.4) is 0 Å². The van der Waals surface area contributed by atoms with E-state index >= 15 is 0 Å².